The maximum Gasteiger partial charge on any atom is 0.227 e. The van der Waals surface area contributed by atoms with E-state index in [0.29, 0.717) is 11.4 Å². The van der Waals surface area contributed by atoms with Gasteiger partial charge in [0.15, 0.2) is 5.75 Å². The highest BCUT2D eigenvalue weighted by molar-refractivity contribution is 7.22. The number of thiophene rings is 1. The molecule has 5 nitrogen and oxygen atoms in total. The molecule has 6 heteroatoms. The van der Waals surface area contributed by atoms with Crippen molar-refractivity contribution in [3.63, 3.8) is 0 Å². The number of amides is 1. The second kappa shape index (κ2) is 5.85. The number of ether oxygens (including phenoxy) is 1. The van der Waals surface area contributed by atoms with Crippen molar-refractivity contribution < 1.29 is 9.53 Å². The number of H-pyrrole nitrogens is 1. The van der Waals surface area contributed by atoms with E-state index in [4.69, 9.17) is 4.74 Å². The number of carbonyl (C=O) groups excluding carboxylic acids is 1. The average Bonchev–Trinajstić information content (AvgIpc) is 3.28. The van der Waals surface area contributed by atoms with E-state index in [1.54, 1.807) is 18.4 Å². The van der Waals surface area contributed by atoms with Crippen LogP contribution in [0, 0.1) is 5.92 Å². The predicted molar refractivity (Wildman–Crippen MR) is 105 cm³/mol. The molecule has 0 aliphatic heterocycles. The van der Waals surface area contributed by atoms with Crippen molar-refractivity contribution in [3.05, 3.63) is 42.5 Å². The molecule has 0 radical (unpaired) electrons. The maximum absolute atomic E-state index is 12.2. The van der Waals surface area contributed by atoms with Gasteiger partial charge in [-0.15, -0.1) is 11.3 Å². The molecule has 2 N–H and O–H groups in total. The minimum atomic E-state index is 0.0644. The van der Waals surface area contributed by atoms with Crippen molar-refractivity contribution in [2.24, 2.45) is 5.92 Å². The molecule has 1 aliphatic carbocycles. The summed E-state index contributed by atoms with van der Waals surface area (Å²) >= 11 is 1.70. The average molecular weight is 363 g/mol. The quantitative estimate of drug-likeness (QED) is 0.547. The van der Waals surface area contributed by atoms with Crippen molar-refractivity contribution in [1.82, 2.24) is 10.2 Å². The van der Waals surface area contributed by atoms with Crippen molar-refractivity contribution in [2.75, 3.05) is 12.4 Å². The lowest BCUT2D eigenvalue weighted by Gasteiger charge is -2.11. The number of carbonyl (C=O) groups is 1. The van der Waals surface area contributed by atoms with Crippen LogP contribution >= 0.6 is 11.3 Å². The molecule has 1 fully saturated rings. The van der Waals surface area contributed by atoms with Gasteiger partial charge in [0.1, 0.15) is 5.69 Å². The molecule has 130 valence electrons. The summed E-state index contributed by atoms with van der Waals surface area (Å²) < 4.78 is 6.90. The minimum absolute atomic E-state index is 0.0644. The highest BCUT2D eigenvalue weighted by Gasteiger charge is 2.30. The van der Waals surface area contributed by atoms with Crippen LogP contribution in [0.25, 0.3) is 31.6 Å². The molecule has 2 heterocycles. The highest BCUT2D eigenvalue weighted by atomic mass is 32.1. The van der Waals surface area contributed by atoms with Gasteiger partial charge in [0.05, 0.1) is 28.6 Å². The highest BCUT2D eigenvalue weighted by Crippen LogP contribution is 2.42. The first-order chi connectivity index (χ1) is 12.7. The lowest BCUT2D eigenvalue weighted by molar-refractivity contribution is -0.117. The fraction of sp³-hybridized carbons (Fsp3) is 0.200. The number of nitrogens with zero attached hydrogens (tertiary/aromatic N) is 1. The molecule has 0 saturated heterocycles. The Morgan fingerprint density at radius 2 is 2.12 bits per heavy atom. The van der Waals surface area contributed by atoms with Gasteiger partial charge in [-0.25, -0.2) is 0 Å². The predicted octanol–water partition coefficient (Wildman–Crippen LogP) is 4.80. The Balaban J connectivity index is 1.66. The van der Waals surface area contributed by atoms with Crippen LogP contribution < -0.4 is 10.1 Å². The summed E-state index contributed by atoms with van der Waals surface area (Å²) in [6.45, 7) is 0. The van der Waals surface area contributed by atoms with Crippen molar-refractivity contribution in [2.45, 2.75) is 12.8 Å². The summed E-state index contributed by atoms with van der Waals surface area (Å²) in [5.41, 5.74) is 2.43. The van der Waals surface area contributed by atoms with Crippen molar-refractivity contribution >= 4 is 43.9 Å². The molecular formula is C20H17N3O2S. The van der Waals surface area contributed by atoms with Crippen molar-refractivity contribution in [1.29, 1.82) is 0 Å². The third-order valence-corrected chi connectivity index (χ3v) is 5.87. The summed E-state index contributed by atoms with van der Waals surface area (Å²) in [6, 6.07) is 14.2. The van der Waals surface area contributed by atoms with Crippen LogP contribution in [-0.2, 0) is 4.79 Å². The van der Waals surface area contributed by atoms with Crippen LogP contribution in [0.2, 0.25) is 0 Å². The van der Waals surface area contributed by atoms with Crippen LogP contribution in [0.4, 0.5) is 5.69 Å². The second-order valence-electron chi connectivity index (χ2n) is 6.55. The van der Waals surface area contributed by atoms with Gasteiger partial charge in [-0.3, -0.25) is 9.89 Å². The topological polar surface area (TPSA) is 67.0 Å². The van der Waals surface area contributed by atoms with E-state index >= 15 is 0 Å². The number of fused-ring (bicyclic) bond motifs is 2. The van der Waals surface area contributed by atoms with E-state index in [9.17, 15) is 4.79 Å². The van der Waals surface area contributed by atoms with Gasteiger partial charge >= 0.3 is 0 Å². The number of rotatable bonds is 4. The number of hydrogen-bond donors (Lipinski definition) is 2. The monoisotopic (exact) mass is 363 g/mol. The molecule has 0 bridgehead atoms. The Kier molecular flexibility index (Phi) is 3.46. The summed E-state index contributed by atoms with van der Waals surface area (Å²) in [7, 11) is 1.63. The number of aromatic nitrogens is 2. The van der Waals surface area contributed by atoms with E-state index < -0.39 is 0 Å². The third-order valence-electron chi connectivity index (χ3n) is 4.75. The number of aromatic amines is 1. The molecule has 4 aromatic rings. The first-order valence-corrected chi connectivity index (χ1v) is 9.41. The molecule has 2 aromatic heterocycles. The van der Waals surface area contributed by atoms with E-state index in [0.717, 1.165) is 34.3 Å². The fourth-order valence-electron chi connectivity index (χ4n) is 3.25. The normalized spacial score (nSPS) is 14.0. The van der Waals surface area contributed by atoms with Crippen LogP contribution in [0.1, 0.15) is 12.8 Å². The SMILES string of the molecule is COc1c(NC(=O)C2CC2)ccc2[nH]nc(-c3cc4ccccc4s3)c12. The van der Waals surface area contributed by atoms with Crippen LogP contribution in [0.3, 0.4) is 0 Å². The molecule has 26 heavy (non-hydrogen) atoms. The van der Waals surface area contributed by atoms with E-state index in [-0.39, 0.29) is 11.8 Å². The van der Waals surface area contributed by atoms with Gasteiger partial charge in [0, 0.05) is 10.6 Å². The summed E-state index contributed by atoms with van der Waals surface area (Å²) in [4.78, 5) is 13.3. The van der Waals surface area contributed by atoms with E-state index in [1.807, 2.05) is 24.3 Å². The van der Waals surface area contributed by atoms with Gasteiger partial charge in [0.25, 0.3) is 0 Å². The second-order valence-corrected chi connectivity index (χ2v) is 7.64. The number of anilines is 1. The number of hydrogen-bond acceptors (Lipinski definition) is 4. The summed E-state index contributed by atoms with van der Waals surface area (Å²) in [5.74, 6) is 0.856. The third kappa shape index (κ3) is 2.45. The molecule has 0 unspecified atom stereocenters. The molecule has 5 rings (SSSR count). The summed E-state index contributed by atoms with van der Waals surface area (Å²) in [5, 5.41) is 12.7. The van der Waals surface area contributed by atoms with Crippen LogP contribution in [-0.4, -0.2) is 23.2 Å². The number of methoxy groups -OCH3 is 1. The molecular weight excluding hydrogens is 346 g/mol. The first kappa shape index (κ1) is 15.4. The Hall–Kier alpha value is -2.86. The molecule has 0 atom stereocenters. The molecule has 2 aromatic carbocycles. The maximum atomic E-state index is 12.2. The van der Waals surface area contributed by atoms with Crippen LogP contribution in [0.15, 0.2) is 42.5 Å². The van der Waals surface area contributed by atoms with Gasteiger partial charge in [0.2, 0.25) is 5.91 Å². The zero-order valence-electron chi connectivity index (χ0n) is 14.2. The van der Waals surface area contributed by atoms with Gasteiger partial charge in [-0.2, -0.15) is 5.10 Å². The largest absolute Gasteiger partial charge is 0.494 e. The number of nitrogens with one attached hydrogen (secondary N) is 2. The van der Waals surface area contributed by atoms with Crippen LogP contribution in [0.5, 0.6) is 5.75 Å². The molecule has 1 aliphatic rings. The van der Waals surface area contributed by atoms with Gasteiger partial charge < -0.3 is 10.1 Å². The van der Waals surface area contributed by atoms with E-state index in [2.05, 4.69) is 33.7 Å². The van der Waals surface area contributed by atoms with E-state index in [1.165, 1.54) is 10.1 Å². The first-order valence-electron chi connectivity index (χ1n) is 8.59. The molecule has 0 spiro atoms. The Labute approximate surface area is 154 Å². The molecule has 1 amide bonds. The standard InChI is InChI=1S/C20H17N3O2S/c1-25-19-14(21-20(24)11-6-7-11)9-8-13-17(19)18(23-22-13)16-10-12-4-2-3-5-15(12)26-16/h2-5,8-11H,6-7H2,1H3,(H,21,24)(H,22,23). The lowest BCUT2D eigenvalue weighted by Crippen LogP contribution is -2.14. The Bertz CT molecular complexity index is 1110. The molecule has 1 saturated carbocycles. The smallest absolute Gasteiger partial charge is 0.227 e. The Morgan fingerprint density at radius 1 is 1.27 bits per heavy atom. The summed E-state index contributed by atoms with van der Waals surface area (Å²) in [6.07, 6.45) is 1.93. The minimum Gasteiger partial charge on any atom is -0.494 e. The van der Waals surface area contributed by atoms with Gasteiger partial charge in [-0.1, -0.05) is 18.2 Å². The van der Waals surface area contributed by atoms with Crippen molar-refractivity contribution in [3.8, 4) is 16.3 Å². The lowest BCUT2D eigenvalue weighted by atomic mass is 10.1. The zero-order chi connectivity index (χ0) is 17.7. The Morgan fingerprint density at radius 3 is 2.88 bits per heavy atom. The van der Waals surface area contributed by atoms with Gasteiger partial charge in [-0.05, 0) is 42.5 Å². The fourth-order valence-corrected chi connectivity index (χ4v) is 4.31. The number of benzene rings is 2. The zero-order valence-corrected chi connectivity index (χ0v) is 15.0.